The molecule has 0 spiro atoms. The standard InChI is InChI=1S/C13H7BrClF2NO/c14-7-4-5-8(10(16)6-7)13(19)18-11-3-1-2-9(15)12(11)17/h1-6H,(H,18,19). The fraction of sp³-hybridized carbons (Fsp3) is 0. The van der Waals surface area contributed by atoms with E-state index < -0.39 is 17.5 Å². The minimum absolute atomic E-state index is 0.0974. The Morgan fingerprint density at radius 2 is 1.95 bits per heavy atom. The molecule has 0 atom stereocenters. The van der Waals surface area contributed by atoms with E-state index in [0.29, 0.717) is 4.47 Å². The Kier molecular flexibility index (Phi) is 4.17. The summed E-state index contributed by atoms with van der Waals surface area (Å²) >= 11 is 8.67. The average molecular weight is 347 g/mol. The highest BCUT2D eigenvalue weighted by molar-refractivity contribution is 9.10. The molecule has 2 rings (SSSR count). The van der Waals surface area contributed by atoms with Crippen molar-refractivity contribution in [3.05, 3.63) is 63.1 Å². The number of amides is 1. The third-order valence-corrected chi connectivity index (χ3v) is 3.16. The third kappa shape index (κ3) is 3.11. The van der Waals surface area contributed by atoms with Crippen LogP contribution in [0.25, 0.3) is 0 Å². The van der Waals surface area contributed by atoms with Gasteiger partial charge in [-0.25, -0.2) is 8.78 Å². The molecular weight excluding hydrogens is 340 g/mol. The molecule has 0 aliphatic rings. The van der Waals surface area contributed by atoms with E-state index in [1.54, 1.807) is 0 Å². The van der Waals surface area contributed by atoms with Gasteiger partial charge in [-0.1, -0.05) is 33.6 Å². The lowest BCUT2D eigenvalue weighted by Crippen LogP contribution is -2.14. The molecule has 0 heterocycles. The highest BCUT2D eigenvalue weighted by Crippen LogP contribution is 2.23. The first-order valence-electron chi connectivity index (χ1n) is 5.19. The molecule has 98 valence electrons. The molecule has 6 heteroatoms. The van der Waals surface area contributed by atoms with Gasteiger partial charge in [-0.05, 0) is 30.3 Å². The Hall–Kier alpha value is -1.46. The summed E-state index contributed by atoms with van der Waals surface area (Å²) in [6, 6.07) is 8.16. The SMILES string of the molecule is O=C(Nc1cccc(Cl)c1F)c1ccc(Br)cc1F. The Labute approximate surface area is 121 Å². The van der Waals surface area contributed by atoms with Crippen molar-refractivity contribution in [3.63, 3.8) is 0 Å². The van der Waals surface area contributed by atoms with Crippen LogP contribution in [0.1, 0.15) is 10.4 Å². The highest BCUT2D eigenvalue weighted by Gasteiger charge is 2.14. The van der Waals surface area contributed by atoms with Crippen LogP contribution in [0.15, 0.2) is 40.9 Å². The second-order valence-corrected chi connectivity index (χ2v) is 5.00. The Balaban J connectivity index is 2.28. The van der Waals surface area contributed by atoms with Crippen LogP contribution in [0, 0.1) is 11.6 Å². The average Bonchev–Trinajstić information content (AvgIpc) is 2.34. The highest BCUT2D eigenvalue weighted by atomic mass is 79.9. The molecule has 0 aromatic heterocycles. The van der Waals surface area contributed by atoms with Crippen LogP contribution < -0.4 is 5.32 Å². The van der Waals surface area contributed by atoms with Gasteiger partial charge in [0, 0.05) is 4.47 Å². The summed E-state index contributed by atoms with van der Waals surface area (Å²) in [6.07, 6.45) is 0. The van der Waals surface area contributed by atoms with Crippen molar-refractivity contribution in [2.75, 3.05) is 5.32 Å². The Bertz CT molecular complexity index is 649. The first-order valence-corrected chi connectivity index (χ1v) is 6.36. The summed E-state index contributed by atoms with van der Waals surface area (Å²) in [5, 5.41) is 2.16. The van der Waals surface area contributed by atoms with E-state index in [4.69, 9.17) is 11.6 Å². The van der Waals surface area contributed by atoms with Crippen LogP contribution in [0.3, 0.4) is 0 Å². The second-order valence-electron chi connectivity index (χ2n) is 3.68. The minimum atomic E-state index is -0.755. The summed E-state index contributed by atoms with van der Waals surface area (Å²) < 4.78 is 27.7. The minimum Gasteiger partial charge on any atom is -0.319 e. The second kappa shape index (κ2) is 5.67. The molecular formula is C13H7BrClF2NO. The van der Waals surface area contributed by atoms with Crippen molar-refractivity contribution < 1.29 is 13.6 Å². The van der Waals surface area contributed by atoms with Crippen molar-refractivity contribution in [1.29, 1.82) is 0 Å². The van der Waals surface area contributed by atoms with Crippen LogP contribution in [-0.4, -0.2) is 5.91 Å². The van der Waals surface area contributed by atoms with Crippen LogP contribution in [0.5, 0.6) is 0 Å². The van der Waals surface area contributed by atoms with Gasteiger partial charge in [-0.2, -0.15) is 0 Å². The summed E-state index contributed by atoms with van der Waals surface area (Å²) in [4.78, 5) is 11.8. The lowest BCUT2D eigenvalue weighted by Gasteiger charge is -2.08. The summed E-state index contributed by atoms with van der Waals surface area (Å²) in [6.45, 7) is 0. The third-order valence-electron chi connectivity index (χ3n) is 2.38. The van der Waals surface area contributed by atoms with Gasteiger partial charge in [-0.15, -0.1) is 0 Å². The zero-order valence-electron chi connectivity index (χ0n) is 9.38. The maximum Gasteiger partial charge on any atom is 0.258 e. The van der Waals surface area contributed by atoms with Gasteiger partial charge in [0.1, 0.15) is 5.82 Å². The van der Waals surface area contributed by atoms with Gasteiger partial charge in [-0.3, -0.25) is 4.79 Å². The molecule has 2 aromatic rings. The molecule has 1 N–H and O–H groups in total. The molecule has 0 bridgehead atoms. The van der Waals surface area contributed by atoms with E-state index in [0.717, 1.165) is 6.07 Å². The molecule has 0 unspecified atom stereocenters. The monoisotopic (exact) mass is 345 g/mol. The maximum atomic E-state index is 13.6. The van der Waals surface area contributed by atoms with Crippen LogP contribution in [0.4, 0.5) is 14.5 Å². The number of carbonyl (C=O) groups is 1. The van der Waals surface area contributed by atoms with Gasteiger partial charge in [0.2, 0.25) is 0 Å². The van der Waals surface area contributed by atoms with Gasteiger partial charge >= 0.3 is 0 Å². The zero-order chi connectivity index (χ0) is 14.0. The maximum absolute atomic E-state index is 13.6. The largest absolute Gasteiger partial charge is 0.319 e. The van der Waals surface area contributed by atoms with Crippen molar-refractivity contribution in [2.24, 2.45) is 0 Å². The number of nitrogens with one attached hydrogen (secondary N) is 1. The predicted octanol–water partition coefficient (Wildman–Crippen LogP) is 4.63. The molecule has 2 nitrogen and oxygen atoms in total. The van der Waals surface area contributed by atoms with Crippen LogP contribution in [0.2, 0.25) is 5.02 Å². The molecule has 19 heavy (non-hydrogen) atoms. The smallest absolute Gasteiger partial charge is 0.258 e. The van der Waals surface area contributed by atoms with Gasteiger partial charge < -0.3 is 5.32 Å². The summed E-state index contributed by atoms with van der Waals surface area (Å²) in [5.41, 5.74) is -0.276. The molecule has 0 aliphatic carbocycles. The fourth-order valence-electron chi connectivity index (χ4n) is 1.46. The molecule has 0 fully saturated rings. The van der Waals surface area contributed by atoms with Crippen LogP contribution in [-0.2, 0) is 0 Å². The number of hydrogen-bond donors (Lipinski definition) is 1. The van der Waals surface area contributed by atoms with Crippen molar-refractivity contribution in [3.8, 4) is 0 Å². The van der Waals surface area contributed by atoms with E-state index in [1.807, 2.05) is 0 Å². The predicted molar refractivity (Wildman–Crippen MR) is 73.5 cm³/mol. The van der Waals surface area contributed by atoms with E-state index in [-0.39, 0.29) is 16.3 Å². The summed E-state index contributed by atoms with van der Waals surface area (Å²) in [5.74, 6) is -2.20. The van der Waals surface area contributed by atoms with Crippen molar-refractivity contribution in [2.45, 2.75) is 0 Å². The first kappa shape index (κ1) is 14.0. The quantitative estimate of drug-likeness (QED) is 0.844. The van der Waals surface area contributed by atoms with Gasteiger partial charge in [0.25, 0.3) is 5.91 Å². The topological polar surface area (TPSA) is 29.1 Å². The fourth-order valence-corrected chi connectivity index (χ4v) is 1.97. The normalized spacial score (nSPS) is 10.3. The molecule has 0 saturated heterocycles. The lowest BCUT2D eigenvalue weighted by molar-refractivity contribution is 0.102. The Morgan fingerprint density at radius 1 is 1.21 bits per heavy atom. The number of hydrogen-bond acceptors (Lipinski definition) is 1. The molecule has 1 amide bonds. The van der Waals surface area contributed by atoms with Crippen molar-refractivity contribution in [1.82, 2.24) is 0 Å². The zero-order valence-corrected chi connectivity index (χ0v) is 11.7. The molecule has 0 radical (unpaired) electrons. The van der Waals surface area contributed by atoms with Gasteiger partial charge in [0.05, 0.1) is 16.3 Å². The van der Waals surface area contributed by atoms with Crippen LogP contribution >= 0.6 is 27.5 Å². The van der Waals surface area contributed by atoms with E-state index in [1.165, 1.54) is 30.3 Å². The van der Waals surface area contributed by atoms with Gasteiger partial charge in [0.15, 0.2) is 5.82 Å². The number of rotatable bonds is 2. The molecule has 0 saturated carbocycles. The molecule has 0 aliphatic heterocycles. The number of carbonyl (C=O) groups excluding carboxylic acids is 1. The number of halogens is 4. The van der Waals surface area contributed by atoms with E-state index in [9.17, 15) is 13.6 Å². The Morgan fingerprint density at radius 3 is 2.63 bits per heavy atom. The molecule has 2 aromatic carbocycles. The lowest BCUT2D eigenvalue weighted by atomic mass is 10.2. The van der Waals surface area contributed by atoms with E-state index in [2.05, 4.69) is 21.2 Å². The number of anilines is 1. The first-order chi connectivity index (χ1) is 8.99. The summed E-state index contributed by atoms with van der Waals surface area (Å²) in [7, 11) is 0. The number of benzene rings is 2. The van der Waals surface area contributed by atoms with Crippen molar-refractivity contribution >= 4 is 39.1 Å². The van der Waals surface area contributed by atoms with E-state index >= 15 is 0 Å².